The Balaban J connectivity index is 2.02. The van der Waals surface area contributed by atoms with Gasteiger partial charge >= 0.3 is 0 Å². The van der Waals surface area contributed by atoms with Gasteiger partial charge in [-0.2, -0.15) is 0 Å². The molecule has 0 saturated carbocycles. The van der Waals surface area contributed by atoms with Crippen molar-refractivity contribution in [2.24, 2.45) is 0 Å². The average molecular weight is 379 g/mol. The molecule has 2 aromatic rings. The van der Waals surface area contributed by atoms with E-state index in [1.165, 1.54) is 0 Å². The van der Waals surface area contributed by atoms with E-state index in [2.05, 4.69) is 25.0 Å². The maximum absolute atomic E-state index is 11.6. The first kappa shape index (κ1) is 19.8. The quantitative estimate of drug-likeness (QED) is 0.401. The first-order chi connectivity index (χ1) is 12.3. The van der Waals surface area contributed by atoms with Crippen LogP contribution in [0.3, 0.4) is 0 Å². The normalized spacial score (nSPS) is 9.77. The molecule has 0 saturated heterocycles. The van der Waals surface area contributed by atoms with Crippen LogP contribution in [0.2, 0.25) is 0 Å². The van der Waals surface area contributed by atoms with Gasteiger partial charge in [-0.05, 0) is 97.0 Å². The molecule has 0 aliphatic rings. The number of carbonyl (C=O) groups excluding carboxylic acids is 2. The summed E-state index contributed by atoms with van der Waals surface area (Å²) in [5.74, 6) is 6.19. The predicted molar refractivity (Wildman–Crippen MR) is 110 cm³/mol. The molecule has 0 fully saturated rings. The minimum atomic E-state index is -0.0353. The van der Waals surface area contributed by atoms with Crippen LogP contribution in [0.1, 0.15) is 25.0 Å². The number of thioether (sulfide) groups is 2. The van der Waals surface area contributed by atoms with Gasteiger partial charge in [0.05, 0.1) is 0 Å². The Morgan fingerprint density at radius 1 is 0.692 bits per heavy atom. The number of hydrogen-bond donors (Lipinski definition) is 0. The second kappa shape index (κ2) is 9.28. The Morgan fingerprint density at radius 3 is 1.27 bits per heavy atom. The highest BCUT2D eigenvalue weighted by Gasteiger charge is 2.05. The molecular formula is C22H18O2S2. The zero-order chi connectivity index (χ0) is 19.1. The monoisotopic (exact) mass is 378 g/mol. The largest absolute Gasteiger partial charge is 0.282 e. The van der Waals surface area contributed by atoms with Crippen molar-refractivity contribution in [3.8, 4) is 11.8 Å². The number of hydrogen-bond acceptors (Lipinski definition) is 4. The van der Waals surface area contributed by atoms with Crippen LogP contribution < -0.4 is 0 Å². The van der Waals surface area contributed by atoms with Crippen LogP contribution in [-0.2, 0) is 9.59 Å². The summed E-state index contributed by atoms with van der Waals surface area (Å²) in [6, 6.07) is 15.0. The summed E-state index contributed by atoms with van der Waals surface area (Å²) in [5, 5.41) is -0.0705. The van der Waals surface area contributed by atoms with Crippen LogP contribution in [0.5, 0.6) is 0 Å². The van der Waals surface area contributed by atoms with Crippen LogP contribution >= 0.6 is 23.5 Å². The summed E-state index contributed by atoms with van der Waals surface area (Å²) < 4.78 is 0. The smallest absolute Gasteiger partial charge is 0.219 e. The standard InChI is InChI=1S/C22H18O2S2/c1-15(2)21(23)25-19-11-7-17(8-12-19)5-6-18-9-13-20(14-10-18)26-22(24)16(3)4/h7-14H,1,3H2,2,4H3. The van der Waals surface area contributed by atoms with Crippen molar-refractivity contribution in [2.45, 2.75) is 23.6 Å². The van der Waals surface area contributed by atoms with Gasteiger partial charge in [-0.3, -0.25) is 9.59 Å². The Morgan fingerprint density at radius 2 is 1.00 bits per heavy atom. The van der Waals surface area contributed by atoms with Crippen molar-refractivity contribution in [3.63, 3.8) is 0 Å². The highest BCUT2D eigenvalue weighted by atomic mass is 32.2. The van der Waals surface area contributed by atoms with E-state index < -0.39 is 0 Å². The zero-order valence-corrected chi connectivity index (χ0v) is 16.3. The maximum atomic E-state index is 11.6. The summed E-state index contributed by atoms with van der Waals surface area (Å²) in [4.78, 5) is 25.0. The van der Waals surface area contributed by atoms with Gasteiger partial charge in [-0.1, -0.05) is 25.0 Å². The van der Waals surface area contributed by atoms with E-state index in [-0.39, 0.29) is 10.2 Å². The molecule has 2 aromatic carbocycles. The van der Waals surface area contributed by atoms with Crippen LogP contribution in [0, 0.1) is 11.8 Å². The molecule has 2 rings (SSSR count). The Kier molecular flexibility index (Phi) is 7.08. The average Bonchev–Trinajstić information content (AvgIpc) is 2.62. The van der Waals surface area contributed by atoms with Gasteiger partial charge in [0.15, 0.2) is 0 Å². The summed E-state index contributed by atoms with van der Waals surface area (Å²) in [6.45, 7) is 10.7. The van der Waals surface area contributed by atoms with Crippen molar-refractivity contribution < 1.29 is 9.59 Å². The fourth-order valence-electron chi connectivity index (χ4n) is 1.75. The lowest BCUT2D eigenvalue weighted by Gasteiger charge is -2.00. The van der Waals surface area contributed by atoms with E-state index in [9.17, 15) is 9.59 Å². The predicted octanol–water partition coefficient (Wildman–Crippen LogP) is 5.48. The molecule has 26 heavy (non-hydrogen) atoms. The molecule has 0 unspecified atom stereocenters. The highest BCUT2D eigenvalue weighted by molar-refractivity contribution is 8.14. The topological polar surface area (TPSA) is 34.1 Å². The lowest BCUT2D eigenvalue weighted by atomic mass is 10.2. The van der Waals surface area contributed by atoms with Crippen molar-refractivity contribution in [1.82, 2.24) is 0 Å². The van der Waals surface area contributed by atoms with E-state index >= 15 is 0 Å². The van der Waals surface area contributed by atoms with Crippen LogP contribution in [-0.4, -0.2) is 10.2 Å². The molecule has 2 nitrogen and oxygen atoms in total. The molecule has 0 aliphatic heterocycles. The van der Waals surface area contributed by atoms with Gasteiger partial charge in [0.2, 0.25) is 10.2 Å². The summed E-state index contributed by atoms with van der Waals surface area (Å²) >= 11 is 2.32. The molecule has 0 atom stereocenters. The van der Waals surface area contributed by atoms with E-state index in [1.54, 1.807) is 13.8 Å². The molecule has 0 radical (unpaired) electrons. The minimum absolute atomic E-state index is 0.0353. The fourth-order valence-corrected chi connectivity index (χ4v) is 3.07. The van der Waals surface area contributed by atoms with E-state index in [4.69, 9.17) is 0 Å². The molecule has 0 amide bonds. The molecule has 130 valence electrons. The third-order valence-corrected chi connectivity index (χ3v) is 5.26. The Labute approximate surface area is 162 Å². The van der Waals surface area contributed by atoms with Gasteiger partial charge in [0.1, 0.15) is 0 Å². The van der Waals surface area contributed by atoms with Crippen molar-refractivity contribution in [3.05, 3.63) is 84.0 Å². The number of carbonyl (C=O) groups is 2. The zero-order valence-electron chi connectivity index (χ0n) is 14.7. The third kappa shape index (κ3) is 6.11. The number of rotatable bonds is 4. The summed E-state index contributed by atoms with van der Waals surface area (Å²) in [6.07, 6.45) is 0. The van der Waals surface area contributed by atoms with Crippen LogP contribution in [0.15, 0.2) is 82.6 Å². The van der Waals surface area contributed by atoms with Crippen LogP contribution in [0.25, 0.3) is 0 Å². The second-order valence-corrected chi connectivity index (χ2v) is 7.73. The van der Waals surface area contributed by atoms with Gasteiger partial charge in [0, 0.05) is 20.9 Å². The van der Waals surface area contributed by atoms with Crippen molar-refractivity contribution in [1.29, 1.82) is 0 Å². The fraction of sp³-hybridized carbons (Fsp3) is 0.0909. The molecular weight excluding hydrogens is 360 g/mol. The Hall–Kier alpha value is -2.48. The van der Waals surface area contributed by atoms with Crippen molar-refractivity contribution in [2.75, 3.05) is 0 Å². The lowest BCUT2D eigenvalue weighted by molar-refractivity contribution is -0.108. The highest BCUT2D eigenvalue weighted by Crippen LogP contribution is 2.23. The first-order valence-corrected chi connectivity index (χ1v) is 9.46. The van der Waals surface area contributed by atoms with Crippen LogP contribution in [0.4, 0.5) is 0 Å². The van der Waals surface area contributed by atoms with Gasteiger partial charge in [0.25, 0.3) is 0 Å². The molecule has 0 aliphatic carbocycles. The van der Waals surface area contributed by atoms with E-state index in [0.717, 1.165) is 44.4 Å². The van der Waals surface area contributed by atoms with Gasteiger partial charge in [-0.25, -0.2) is 0 Å². The lowest BCUT2D eigenvalue weighted by Crippen LogP contribution is -1.91. The SMILES string of the molecule is C=C(C)C(=O)Sc1ccc(C#Cc2ccc(SC(=O)C(=C)C)cc2)cc1. The van der Waals surface area contributed by atoms with Crippen molar-refractivity contribution >= 4 is 33.8 Å². The van der Waals surface area contributed by atoms with E-state index in [1.807, 2.05) is 48.5 Å². The molecule has 0 bridgehead atoms. The van der Waals surface area contributed by atoms with E-state index in [0.29, 0.717) is 11.1 Å². The maximum Gasteiger partial charge on any atom is 0.219 e. The summed E-state index contributed by atoms with van der Waals surface area (Å²) in [5.41, 5.74) is 2.80. The second-order valence-electron chi connectivity index (χ2n) is 5.64. The Bertz CT molecular complexity index is 836. The first-order valence-electron chi connectivity index (χ1n) is 7.82. The third-order valence-electron chi connectivity index (χ3n) is 3.18. The van der Waals surface area contributed by atoms with Gasteiger partial charge < -0.3 is 0 Å². The molecule has 4 heteroatoms. The van der Waals surface area contributed by atoms with Gasteiger partial charge in [-0.15, -0.1) is 0 Å². The molecule has 0 aromatic heterocycles. The molecule has 0 N–H and O–H groups in total. The number of benzene rings is 2. The summed E-state index contributed by atoms with van der Waals surface area (Å²) in [7, 11) is 0. The minimum Gasteiger partial charge on any atom is -0.282 e. The molecule has 0 spiro atoms. The molecule has 0 heterocycles.